The van der Waals surface area contributed by atoms with Crippen LogP contribution in [0.3, 0.4) is 0 Å². The minimum Gasteiger partial charge on any atom is -0.354 e. The van der Waals surface area contributed by atoms with Gasteiger partial charge in [0, 0.05) is 26.2 Å². The topological polar surface area (TPSA) is 84.3 Å². The van der Waals surface area contributed by atoms with Crippen molar-refractivity contribution in [1.29, 1.82) is 0 Å². The molecule has 18 heavy (non-hydrogen) atoms. The van der Waals surface area contributed by atoms with Crippen molar-refractivity contribution < 1.29 is 9.59 Å². The first-order chi connectivity index (χ1) is 8.58. The molecule has 0 aliphatic carbocycles. The average Bonchev–Trinajstić information content (AvgIpc) is 2.56. The Hall–Kier alpha value is -2.18. The number of nitrogens with one attached hydrogen (secondary N) is 1. The minimum absolute atomic E-state index is 0.0311. The third kappa shape index (κ3) is 2.55. The summed E-state index contributed by atoms with van der Waals surface area (Å²) >= 11 is 0. The SMILES string of the molecule is Cn1nc(C(=O)N2CCCNC(=O)C2)ccc1=O. The molecule has 1 saturated heterocycles. The van der Waals surface area contributed by atoms with E-state index in [1.54, 1.807) is 0 Å². The van der Waals surface area contributed by atoms with Gasteiger partial charge in [-0.15, -0.1) is 0 Å². The number of amides is 2. The predicted molar refractivity (Wildman–Crippen MR) is 63.0 cm³/mol. The van der Waals surface area contributed by atoms with Crippen LogP contribution in [0.15, 0.2) is 16.9 Å². The van der Waals surface area contributed by atoms with E-state index in [1.165, 1.54) is 24.1 Å². The summed E-state index contributed by atoms with van der Waals surface area (Å²) in [6.07, 6.45) is 0.712. The molecule has 0 saturated carbocycles. The fourth-order valence-corrected chi connectivity index (χ4v) is 1.76. The first-order valence-electron chi connectivity index (χ1n) is 5.68. The largest absolute Gasteiger partial charge is 0.354 e. The summed E-state index contributed by atoms with van der Waals surface area (Å²) in [4.78, 5) is 36.1. The number of rotatable bonds is 1. The Morgan fingerprint density at radius 1 is 1.39 bits per heavy atom. The molecule has 1 aliphatic rings. The second-order valence-corrected chi connectivity index (χ2v) is 4.11. The summed E-state index contributed by atoms with van der Waals surface area (Å²) in [7, 11) is 1.48. The molecule has 0 atom stereocenters. The van der Waals surface area contributed by atoms with E-state index in [1.807, 2.05) is 0 Å². The molecule has 0 bridgehead atoms. The van der Waals surface area contributed by atoms with E-state index in [2.05, 4.69) is 10.4 Å². The Bertz CT molecular complexity index is 537. The van der Waals surface area contributed by atoms with Crippen molar-refractivity contribution in [3.8, 4) is 0 Å². The molecule has 2 amide bonds. The van der Waals surface area contributed by atoms with E-state index in [0.29, 0.717) is 19.5 Å². The van der Waals surface area contributed by atoms with Crippen LogP contribution in [0.4, 0.5) is 0 Å². The second-order valence-electron chi connectivity index (χ2n) is 4.11. The zero-order valence-corrected chi connectivity index (χ0v) is 10.0. The van der Waals surface area contributed by atoms with Gasteiger partial charge in [-0.25, -0.2) is 4.68 Å². The Morgan fingerprint density at radius 3 is 2.89 bits per heavy atom. The van der Waals surface area contributed by atoms with E-state index >= 15 is 0 Å². The number of aryl methyl sites for hydroxylation is 1. The third-order valence-corrected chi connectivity index (χ3v) is 2.73. The van der Waals surface area contributed by atoms with Crippen LogP contribution in [0, 0.1) is 0 Å². The highest BCUT2D eigenvalue weighted by atomic mass is 16.2. The second kappa shape index (κ2) is 4.99. The van der Waals surface area contributed by atoms with Crippen LogP contribution >= 0.6 is 0 Å². The maximum atomic E-state index is 12.1. The highest BCUT2D eigenvalue weighted by Crippen LogP contribution is 2.03. The number of aromatic nitrogens is 2. The summed E-state index contributed by atoms with van der Waals surface area (Å²) in [5.74, 6) is -0.506. The third-order valence-electron chi connectivity index (χ3n) is 2.73. The molecule has 1 aliphatic heterocycles. The monoisotopic (exact) mass is 250 g/mol. The Morgan fingerprint density at radius 2 is 2.17 bits per heavy atom. The lowest BCUT2D eigenvalue weighted by molar-refractivity contribution is -0.121. The summed E-state index contributed by atoms with van der Waals surface area (Å²) in [6.45, 7) is 1.11. The first kappa shape index (κ1) is 12.3. The summed E-state index contributed by atoms with van der Waals surface area (Å²) in [5, 5.41) is 6.58. The Labute approximate surface area is 103 Å². The standard InChI is InChI=1S/C11H14N4O3/c1-14-10(17)4-3-8(13-14)11(18)15-6-2-5-12-9(16)7-15/h3-4H,2,5-7H2,1H3,(H,12,16). The smallest absolute Gasteiger partial charge is 0.274 e. The first-order valence-corrected chi connectivity index (χ1v) is 5.68. The lowest BCUT2D eigenvalue weighted by atomic mass is 10.3. The van der Waals surface area contributed by atoms with Gasteiger partial charge in [0.25, 0.3) is 11.5 Å². The Balaban J connectivity index is 2.21. The summed E-state index contributed by atoms with van der Waals surface area (Å²) < 4.78 is 1.10. The van der Waals surface area contributed by atoms with Crippen molar-refractivity contribution in [3.05, 3.63) is 28.2 Å². The van der Waals surface area contributed by atoms with Crippen molar-refractivity contribution >= 4 is 11.8 Å². The van der Waals surface area contributed by atoms with Gasteiger partial charge >= 0.3 is 0 Å². The van der Waals surface area contributed by atoms with Gasteiger partial charge in [0.15, 0.2) is 0 Å². The van der Waals surface area contributed by atoms with Gasteiger partial charge in [0.1, 0.15) is 5.69 Å². The van der Waals surface area contributed by atoms with Gasteiger partial charge in [-0.05, 0) is 12.5 Å². The van der Waals surface area contributed by atoms with Gasteiger partial charge in [0.05, 0.1) is 6.54 Å². The highest BCUT2D eigenvalue weighted by molar-refractivity contribution is 5.94. The molecule has 1 aromatic heterocycles. The molecular weight excluding hydrogens is 236 g/mol. The quantitative estimate of drug-likeness (QED) is 0.674. The number of carbonyl (C=O) groups excluding carboxylic acids is 2. The predicted octanol–water partition coefficient (Wildman–Crippen LogP) is -1.26. The summed E-state index contributed by atoms with van der Waals surface area (Å²) in [6, 6.07) is 2.67. The van der Waals surface area contributed by atoms with Crippen molar-refractivity contribution in [2.75, 3.05) is 19.6 Å². The number of hydrogen-bond donors (Lipinski definition) is 1. The molecule has 7 heteroatoms. The molecule has 7 nitrogen and oxygen atoms in total. The minimum atomic E-state index is -0.331. The van der Waals surface area contributed by atoms with Crippen LogP contribution in [-0.2, 0) is 11.8 Å². The molecule has 0 unspecified atom stereocenters. The molecule has 2 heterocycles. The molecule has 0 spiro atoms. The van der Waals surface area contributed by atoms with Gasteiger partial charge in [0.2, 0.25) is 5.91 Å². The fourth-order valence-electron chi connectivity index (χ4n) is 1.76. The van der Waals surface area contributed by atoms with Crippen LogP contribution in [0.5, 0.6) is 0 Å². The van der Waals surface area contributed by atoms with Gasteiger partial charge in [-0.2, -0.15) is 5.10 Å². The maximum Gasteiger partial charge on any atom is 0.274 e. The van der Waals surface area contributed by atoms with Gasteiger partial charge in [-0.1, -0.05) is 0 Å². The Kier molecular flexibility index (Phi) is 3.40. The molecule has 1 fully saturated rings. The maximum absolute atomic E-state index is 12.1. The molecule has 0 radical (unpaired) electrons. The average molecular weight is 250 g/mol. The van der Waals surface area contributed by atoms with E-state index in [4.69, 9.17) is 0 Å². The van der Waals surface area contributed by atoms with Crippen LogP contribution in [-0.4, -0.2) is 46.1 Å². The van der Waals surface area contributed by atoms with Crippen molar-refractivity contribution in [1.82, 2.24) is 20.0 Å². The van der Waals surface area contributed by atoms with Crippen LogP contribution in [0.2, 0.25) is 0 Å². The molecule has 0 aromatic carbocycles. The van der Waals surface area contributed by atoms with Crippen LogP contribution in [0.1, 0.15) is 16.9 Å². The molecule has 2 rings (SSSR count). The molecule has 1 N–H and O–H groups in total. The van der Waals surface area contributed by atoms with Crippen molar-refractivity contribution in [2.24, 2.45) is 7.05 Å². The number of nitrogens with zero attached hydrogens (tertiary/aromatic N) is 3. The molecular formula is C11H14N4O3. The number of hydrogen-bond acceptors (Lipinski definition) is 4. The molecule has 96 valence electrons. The van der Waals surface area contributed by atoms with Crippen molar-refractivity contribution in [2.45, 2.75) is 6.42 Å². The summed E-state index contributed by atoms with van der Waals surface area (Å²) in [5.41, 5.74) is -0.105. The van der Waals surface area contributed by atoms with Gasteiger partial charge < -0.3 is 10.2 Å². The van der Waals surface area contributed by atoms with Crippen molar-refractivity contribution in [3.63, 3.8) is 0 Å². The highest BCUT2D eigenvalue weighted by Gasteiger charge is 2.22. The normalized spacial score (nSPS) is 16.1. The zero-order chi connectivity index (χ0) is 13.1. The number of carbonyl (C=O) groups is 2. The van der Waals surface area contributed by atoms with E-state index < -0.39 is 0 Å². The molecule has 1 aromatic rings. The van der Waals surface area contributed by atoms with E-state index in [-0.39, 0.29) is 29.6 Å². The van der Waals surface area contributed by atoms with E-state index in [0.717, 1.165) is 4.68 Å². The lowest BCUT2D eigenvalue weighted by Crippen LogP contribution is -2.38. The fraction of sp³-hybridized carbons (Fsp3) is 0.455. The zero-order valence-electron chi connectivity index (χ0n) is 10.0. The van der Waals surface area contributed by atoms with E-state index in [9.17, 15) is 14.4 Å². The van der Waals surface area contributed by atoms with Crippen LogP contribution in [0.25, 0.3) is 0 Å². The lowest BCUT2D eigenvalue weighted by Gasteiger charge is -2.18. The van der Waals surface area contributed by atoms with Gasteiger partial charge in [-0.3, -0.25) is 14.4 Å². The van der Waals surface area contributed by atoms with Crippen LogP contribution < -0.4 is 10.9 Å².